The first-order chi connectivity index (χ1) is 23.5. The number of ether oxygens (including phenoxy) is 2. The van der Waals surface area contributed by atoms with Gasteiger partial charge in [-0.2, -0.15) is 0 Å². The number of alkyl halides is 3. The van der Waals surface area contributed by atoms with Crippen LogP contribution in [0.4, 0.5) is 22.7 Å². The zero-order chi connectivity index (χ0) is 36.8. The van der Waals surface area contributed by atoms with E-state index in [1.165, 1.54) is 45.3 Å². The number of amides is 4. The highest BCUT2D eigenvalue weighted by Crippen LogP contribution is 2.67. The summed E-state index contributed by atoms with van der Waals surface area (Å²) < 4.78 is 10.9. The van der Waals surface area contributed by atoms with Crippen LogP contribution >= 0.6 is 39.1 Å². The Balaban J connectivity index is 1.55. The van der Waals surface area contributed by atoms with Gasteiger partial charge in [0.05, 0.1) is 47.0 Å². The van der Waals surface area contributed by atoms with Gasteiger partial charge in [0.25, 0.3) is 11.8 Å². The average molecular weight is 797 g/mol. The smallest absolute Gasteiger partial charge is 0.301 e. The molecule has 2 aliphatic heterocycles. The van der Waals surface area contributed by atoms with Gasteiger partial charge in [-0.25, -0.2) is 4.90 Å². The molecular weight excluding hydrogens is 769 g/mol. The first kappa shape index (κ1) is 35.3. The molecule has 16 nitrogen and oxygen atoms in total. The minimum Gasteiger partial charge on any atom is -0.507 e. The number of halogens is 3. The second-order valence-electron chi connectivity index (χ2n) is 12.5. The SMILES string of the molecule is COc1cc(O)c([C@H]2C3=CC[C@@H]4C(=O)N(c5cc([N+](=O)[O-])c(N(C)C)c([N+](=O)[O-])c5)C(=O)[C@@H]4[C@@H]3C[C@@]3(Cl)C(=O)N(CBr)C(=O)[C@@]23Cl)c(OC)c1. The van der Waals surface area contributed by atoms with E-state index in [-0.39, 0.29) is 46.7 Å². The number of carbonyl (C=O) groups is 4. The molecule has 0 unspecified atom stereocenters. The van der Waals surface area contributed by atoms with Crippen LogP contribution < -0.4 is 19.3 Å². The van der Waals surface area contributed by atoms with Crippen molar-refractivity contribution in [2.24, 2.45) is 17.8 Å². The summed E-state index contributed by atoms with van der Waals surface area (Å²) >= 11 is 17.6. The van der Waals surface area contributed by atoms with Crippen LogP contribution in [0.1, 0.15) is 24.3 Å². The molecule has 4 aliphatic rings. The van der Waals surface area contributed by atoms with E-state index in [4.69, 9.17) is 32.7 Å². The number of likely N-dealkylation sites (tertiary alicyclic amines) is 1. The Morgan fingerprint density at radius 3 is 2.12 bits per heavy atom. The number of hydrogen-bond acceptors (Lipinski definition) is 12. The lowest BCUT2D eigenvalue weighted by Crippen LogP contribution is -2.60. The van der Waals surface area contributed by atoms with Gasteiger partial charge in [-0.15, -0.1) is 23.2 Å². The van der Waals surface area contributed by atoms with Gasteiger partial charge in [-0.05, 0) is 18.8 Å². The van der Waals surface area contributed by atoms with E-state index in [2.05, 4.69) is 15.9 Å². The minimum atomic E-state index is -2.25. The van der Waals surface area contributed by atoms with E-state index in [1.807, 2.05) is 0 Å². The third-order valence-electron chi connectivity index (χ3n) is 10.0. The van der Waals surface area contributed by atoms with Crippen LogP contribution in [0.3, 0.4) is 0 Å². The molecule has 2 heterocycles. The predicted molar refractivity (Wildman–Crippen MR) is 181 cm³/mol. The highest BCUT2D eigenvalue weighted by Gasteiger charge is 2.76. The van der Waals surface area contributed by atoms with Crippen molar-refractivity contribution in [2.45, 2.75) is 28.5 Å². The van der Waals surface area contributed by atoms with Crippen molar-refractivity contribution in [1.82, 2.24) is 4.90 Å². The van der Waals surface area contributed by atoms with E-state index >= 15 is 0 Å². The quantitative estimate of drug-likeness (QED) is 0.0998. The van der Waals surface area contributed by atoms with Gasteiger partial charge in [0.1, 0.15) is 17.2 Å². The molecule has 6 atom stereocenters. The molecule has 19 heteroatoms. The van der Waals surface area contributed by atoms with Crippen LogP contribution in [0.2, 0.25) is 0 Å². The molecule has 2 aromatic rings. The number of nitrogens with zero attached hydrogens (tertiary/aromatic N) is 5. The maximum Gasteiger partial charge on any atom is 0.301 e. The number of nitro groups is 2. The fourth-order valence-electron chi connectivity index (χ4n) is 7.94. The van der Waals surface area contributed by atoms with E-state index in [0.717, 1.165) is 17.0 Å². The normalized spacial score (nSPS) is 28.6. The molecule has 4 amide bonds. The van der Waals surface area contributed by atoms with Gasteiger partial charge in [-0.1, -0.05) is 27.6 Å². The summed E-state index contributed by atoms with van der Waals surface area (Å²) in [5, 5.41) is 35.5. The fraction of sp³-hybridized carbons (Fsp3) is 0.419. The highest BCUT2D eigenvalue weighted by atomic mass is 79.9. The van der Waals surface area contributed by atoms with Crippen LogP contribution in [0.5, 0.6) is 17.2 Å². The summed E-state index contributed by atoms with van der Waals surface area (Å²) in [6.07, 6.45) is 1.14. The number of benzene rings is 2. The summed E-state index contributed by atoms with van der Waals surface area (Å²) in [5.74, 6) is -8.26. The van der Waals surface area contributed by atoms with Crippen molar-refractivity contribution >= 4 is 85.5 Å². The monoisotopic (exact) mass is 795 g/mol. The van der Waals surface area contributed by atoms with Crippen LogP contribution in [-0.2, 0) is 19.2 Å². The van der Waals surface area contributed by atoms with Crippen molar-refractivity contribution in [3.8, 4) is 17.2 Å². The van der Waals surface area contributed by atoms with Gasteiger partial charge >= 0.3 is 11.4 Å². The maximum absolute atomic E-state index is 14.4. The largest absolute Gasteiger partial charge is 0.507 e. The number of anilines is 2. The van der Waals surface area contributed by atoms with Crippen molar-refractivity contribution in [1.29, 1.82) is 0 Å². The molecule has 0 bridgehead atoms. The molecule has 1 N–H and O–H groups in total. The van der Waals surface area contributed by atoms with E-state index in [1.54, 1.807) is 6.08 Å². The Morgan fingerprint density at radius 2 is 1.60 bits per heavy atom. The first-order valence-corrected chi connectivity index (χ1v) is 16.8. The van der Waals surface area contributed by atoms with Crippen molar-refractivity contribution < 1.29 is 43.6 Å². The summed E-state index contributed by atoms with van der Waals surface area (Å²) in [6, 6.07) is 4.55. The number of aromatic hydroxyl groups is 1. The lowest BCUT2D eigenvalue weighted by Gasteiger charge is -2.51. The van der Waals surface area contributed by atoms with Crippen molar-refractivity contribution in [3.05, 3.63) is 61.7 Å². The Labute approximate surface area is 301 Å². The number of carbonyl (C=O) groups excluding carboxylic acids is 4. The average Bonchev–Trinajstić information content (AvgIpc) is 3.41. The molecule has 0 radical (unpaired) electrons. The third kappa shape index (κ3) is 4.62. The molecule has 0 spiro atoms. The number of hydrogen-bond donors (Lipinski definition) is 1. The van der Waals surface area contributed by atoms with E-state index in [0.29, 0.717) is 10.5 Å². The Morgan fingerprint density at radius 1 is 0.980 bits per heavy atom. The van der Waals surface area contributed by atoms with Crippen LogP contribution in [0.25, 0.3) is 0 Å². The van der Waals surface area contributed by atoms with Crippen molar-refractivity contribution in [3.63, 3.8) is 0 Å². The topological polar surface area (TPSA) is 203 Å². The second-order valence-corrected chi connectivity index (χ2v) is 14.2. The highest BCUT2D eigenvalue weighted by molar-refractivity contribution is 9.09. The van der Waals surface area contributed by atoms with Gasteiger partial charge in [0, 0.05) is 49.8 Å². The Hall–Kier alpha value is -4.48. The summed E-state index contributed by atoms with van der Waals surface area (Å²) in [6.45, 7) is 0. The van der Waals surface area contributed by atoms with Crippen LogP contribution in [-0.4, -0.2) is 87.0 Å². The summed E-state index contributed by atoms with van der Waals surface area (Å²) in [7, 11) is 5.42. The number of fused-ring (bicyclic) bond motifs is 4. The number of nitro benzene ring substituents is 2. The summed E-state index contributed by atoms with van der Waals surface area (Å²) in [5.41, 5.74) is -2.08. The van der Waals surface area contributed by atoms with Crippen LogP contribution in [0.15, 0.2) is 35.9 Å². The molecule has 2 saturated heterocycles. The zero-order valence-electron chi connectivity index (χ0n) is 26.7. The molecular formula is C31H28BrCl2N5O11. The third-order valence-corrected chi connectivity index (χ3v) is 11.9. The molecule has 1 saturated carbocycles. The zero-order valence-corrected chi connectivity index (χ0v) is 29.8. The number of methoxy groups -OCH3 is 2. The fourth-order valence-corrected chi connectivity index (χ4v) is 9.35. The first-order valence-electron chi connectivity index (χ1n) is 15.0. The van der Waals surface area contributed by atoms with Gasteiger partial charge in [0.2, 0.25) is 11.8 Å². The van der Waals surface area contributed by atoms with Gasteiger partial charge in [-0.3, -0.25) is 44.3 Å². The minimum absolute atomic E-state index is 0.0144. The molecule has 50 heavy (non-hydrogen) atoms. The maximum atomic E-state index is 14.4. The molecule has 2 aromatic carbocycles. The van der Waals surface area contributed by atoms with Gasteiger partial charge in [0.15, 0.2) is 15.4 Å². The Bertz CT molecular complexity index is 1920. The molecule has 6 rings (SSSR count). The number of imide groups is 2. The molecule has 264 valence electrons. The molecule has 3 fully saturated rings. The molecule has 0 aromatic heterocycles. The number of phenols is 1. The second kappa shape index (κ2) is 12.1. The lowest BCUT2D eigenvalue weighted by atomic mass is 9.56. The summed E-state index contributed by atoms with van der Waals surface area (Å²) in [4.78, 5) is 77.2. The van der Waals surface area contributed by atoms with E-state index in [9.17, 15) is 44.5 Å². The van der Waals surface area contributed by atoms with E-state index < -0.39 is 84.0 Å². The van der Waals surface area contributed by atoms with Crippen molar-refractivity contribution in [2.75, 3.05) is 43.6 Å². The Kier molecular flexibility index (Phi) is 8.55. The number of rotatable bonds is 8. The number of allylic oxidation sites excluding steroid dienone is 2. The number of phenolic OH excluding ortho intramolecular Hbond substituents is 1. The lowest BCUT2D eigenvalue weighted by molar-refractivity contribution is -0.392. The van der Waals surface area contributed by atoms with Gasteiger partial charge < -0.3 is 19.5 Å². The molecule has 2 aliphatic carbocycles. The standard InChI is InChI=1S/C31H28BrCl2N5O11/c1-35(2)25-18(38(45)46)7-13(8-19(25)39(47)48)37-26(41)16-6-5-15-17(22(16)27(37)42)11-30(33)28(43)36(12-32)29(44)31(30,34)24(15)23-20(40)9-14(49-3)10-21(23)50-4/h5,7-10,16-17,22,24,40H,6,11-12H2,1-4H3/t16-,17+,22-,24+,30+,31-/m0/s1. The predicted octanol–water partition coefficient (Wildman–Crippen LogP) is 4.21. The van der Waals surface area contributed by atoms with Crippen LogP contribution in [0, 0.1) is 38.0 Å².